The highest BCUT2D eigenvalue weighted by Crippen LogP contribution is 2.46. The fraction of sp³-hybridized carbons (Fsp3) is 0.370. The van der Waals surface area contributed by atoms with Gasteiger partial charge in [-0.25, -0.2) is 9.79 Å². The maximum absolute atomic E-state index is 12.9. The molecule has 0 fully saturated rings. The Labute approximate surface area is 198 Å². The summed E-state index contributed by atoms with van der Waals surface area (Å²) in [5.41, 5.74) is 8.32. The van der Waals surface area contributed by atoms with Gasteiger partial charge < -0.3 is 19.3 Å². The lowest BCUT2D eigenvalue weighted by atomic mass is 9.88. The van der Waals surface area contributed by atoms with Crippen molar-refractivity contribution in [2.24, 2.45) is 4.99 Å². The normalized spacial score (nSPS) is 20.4. The fourth-order valence-corrected chi connectivity index (χ4v) is 5.66. The first kappa shape index (κ1) is 21.0. The molecule has 174 valence electrons. The van der Waals surface area contributed by atoms with Crippen LogP contribution in [0.3, 0.4) is 0 Å². The van der Waals surface area contributed by atoms with E-state index in [2.05, 4.69) is 45.8 Å². The van der Waals surface area contributed by atoms with E-state index < -0.39 is 11.6 Å². The summed E-state index contributed by atoms with van der Waals surface area (Å²) in [7, 11) is 0. The van der Waals surface area contributed by atoms with Crippen LogP contribution >= 0.6 is 0 Å². The Morgan fingerprint density at radius 1 is 1.03 bits per heavy atom. The van der Waals surface area contributed by atoms with Gasteiger partial charge in [-0.2, -0.15) is 0 Å². The van der Waals surface area contributed by atoms with Crippen molar-refractivity contribution in [3.8, 4) is 11.1 Å². The first-order valence-corrected chi connectivity index (χ1v) is 12.0. The van der Waals surface area contributed by atoms with Crippen molar-refractivity contribution >= 4 is 17.7 Å². The van der Waals surface area contributed by atoms with Crippen LogP contribution in [0, 0.1) is 0 Å². The first-order chi connectivity index (χ1) is 16.7. The molecule has 34 heavy (non-hydrogen) atoms. The van der Waals surface area contributed by atoms with Gasteiger partial charge in [0.15, 0.2) is 0 Å². The smallest absolute Gasteiger partial charge is 0.359 e. The summed E-state index contributed by atoms with van der Waals surface area (Å²) in [6, 6.07) is 12.7. The van der Waals surface area contributed by atoms with E-state index in [0.29, 0.717) is 11.7 Å². The van der Waals surface area contributed by atoms with Gasteiger partial charge in [-0.15, -0.1) is 0 Å². The van der Waals surface area contributed by atoms with Crippen LogP contribution in [0.1, 0.15) is 47.7 Å². The topological polar surface area (TPSA) is 86.0 Å². The zero-order valence-corrected chi connectivity index (χ0v) is 19.2. The van der Waals surface area contributed by atoms with Crippen LogP contribution in [-0.2, 0) is 45.6 Å². The van der Waals surface area contributed by atoms with Crippen molar-refractivity contribution in [3.05, 3.63) is 70.6 Å². The molecule has 2 heterocycles. The van der Waals surface area contributed by atoms with Crippen LogP contribution < -0.4 is 5.32 Å². The molecule has 7 heteroatoms. The van der Waals surface area contributed by atoms with Crippen molar-refractivity contribution in [1.29, 1.82) is 0 Å². The molecular weight excluding hydrogens is 430 g/mol. The number of aromatic nitrogens is 1. The predicted octanol–water partition coefficient (Wildman–Crippen LogP) is 4.58. The minimum atomic E-state index is -1.43. The molecular formula is C27H27N3O4. The molecule has 6 rings (SSSR count). The lowest BCUT2D eigenvalue weighted by molar-refractivity contribution is -0.162. The Balaban J connectivity index is 1.38. The van der Waals surface area contributed by atoms with E-state index in [1.807, 2.05) is 0 Å². The minimum Gasteiger partial charge on any atom is -0.463 e. The number of benzene rings is 2. The molecule has 1 N–H and O–H groups in total. The highest BCUT2D eigenvalue weighted by Gasteiger charge is 2.51. The fourth-order valence-electron chi connectivity index (χ4n) is 5.66. The van der Waals surface area contributed by atoms with Crippen LogP contribution in [0.4, 0.5) is 5.69 Å². The number of fused-ring (bicyclic) bond motifs is 2. The number of rotatable bonds is 5. The number of anilines is 1. The van der Waals surface area contributed by atoms with Crippen molar-refractivity contribution in [3.63, 3.8) is 0 Å². The van der Waals surface area contributed by atoms with Gasteiger partial charge in [0.25, 0.3) is 11.6 Å². The molecule has 1 aromatic heterocycles. The van der Waals surface area contributed by atoms with Gasteiger partial charge in [0.2, 0.25) is 0 Å². The molecule has 0 spiro atoms. The molecule has 1 unspecified atom stereocenters. The standard InChI is InChI=1S/C27H27N3O4/c1-2-32-25(31)27(22-14-15-33-30-22)16-28-26(34-27)29-24-20-12-6-10-18(20)23(17-8-4-3-5-9-17)19-11-7-13-21(19)24/h3-5,8-9,14-15H,2,6-7,10-13,16H2,1H3,(H,28,29). The maximum atomic E-state index is 12.9. The first-order valence-electron chi connectivity index (χ1n) is 12.0. The molecule has 0 amide bonds. The summed E-state index contributed by atoms with van der Waals surface area (Å²) in [6.45, 7) is 2.10. The summed E-state index contributed by atoms with van der Waals surface area (Å²) in [5, 5.41) is 7.47. The number of nitrogens with zero attached hydrogens (tertiary/aromatic N) is 2. The summed E-state index contributed by atoms with van der Waals surface area (Å²) in [6.07, 6.45) is 7.86. The Morgan fingerprint density at radius 3 is 2.38 bits per heavy atom. The Bertz CT molecular complexity index is 1230. The van der Waals surface area contributed by atoms with Crippen LogP contribution in [0.15, 0.2) is 52.2 Å². The second-order valence-corrected chi connectivity index (χ2v) is 9.02. The predicted molar refractivity (Wildman–Crippen MR) is 128 cm³/mol. The van der Waals surface area contributed by atoms with Gasteiger partial charge in [-0.1, -0.05) is 35.5 Å². The molecule has 0 radical (unpaired) electrons. The van der Waals surface area contributed by atoms with Gasteiger partial charge in [0, 0.05) is 11.8 Å². The molecule has 0 bridgehead atoms. The monoisotopic (exact) mass is 457 g/mol. The highest BCUT2D eigenvalue weighted by atomic mass is 16.6. The number of ether oxygens (including phenoxy) is 2. The number of hydrogen-bond acceptors (Lipinski definition) is 7. The van der Waals surface area contributed by atoms with Crippen LogP contribution in [0.25, 0.3) is 11.1 Å². The molecule has 2 aliphatic carbocycles. The average molecular weight is 458 g/mol. The van der Waals surface area contributed by atoms with Crippen molar-refractivity contribution in [2.75, 3.05) is 18.5 Å². The Hall–Kier alpha value is -3.61. The molecule has 0 saturated heterocycles. The third-order valence-corrected chi connectivity index (χ3v) is 7.11. The number of nitrogens with one attached hydrogen (secondary N) is 1. The summed E-state index contributed by atoms with van der Waals surface area (Å²) < 4.78 is 16.5. The second kappa shape index (κ2) is 8.31. The number of amidine groups is 1. The van der Waals surface area contributed by atoms with E-state index in [1.165, 1.54) is 39.6 Å². The van der Waals surface area contributed by atoms with Gasteiger partial charge in [0.1, 0.15) is 18.5 Å². The van der Waals surface area contributed by atoms with Gasteiger partial charge >= 0.3 is 5.97 Å². The lowest BCUT2D eigenvalue weighted by Crippen LogP contribution is -2.42. The summed E-state index contributed by atoms with van der Waals surface area (Å²) in [5.74, 6) is -0.515. The largest absolute Gasteiger partial charge is 0.463 e. The third-order valence-electron chi connectivity index (χ3n) is 7.11. The van der Waals surface area contributed by atoms with E-state index >= 15 is 0 Å². The second-order valence-electron chi connectivity index (χ2n) is 9.02. The summed E-state index contributed by atoms with van der Waals surface area (Å²) in [4.78, 5) is 17.5. The lowest BCUT2D eigenvalue weighted by Gasteiger charge is -2.25. The molecule has 3 aromatic rings. The SMILES string of the molecule is CCOC(=O)C1(c2ccon2)CN=C(Nc2c3c(c(-c4ccccc4)c4c2CCC4)CCC3)O1. The number of aliphatic imine (C=N–C) groups is 1. The molecule has 2 aromatic carbocycles. The summed E-state index contributed by atoms with van der Waals surface area (Å²) >= 11 is 0. The van der Waals surface area contributed by atoms with Crippen molar-refractivity contribution in [2.45, 2.75) is 51.0 Å². The van der Waals surface area contributed by atoms with Crippen LogP contribution in [-0.4, -0.2) is 30.3 Å². The van der Waals surface area contributed by atoms with Gasteiger partial charge in [0.05, 0.1) is 6.61 Å². The van der Waals surface area contributed by atoms with Crippen LogP contribution in [0.5, 0.6) is 0 Å². The Kier molecular flexibility index (Phi) is 5.12. The number of esters is 1. The molecule has 7 nitrogen and oxygen atoms in total. The molecule has 3 aliphatic rings. The number of carbonyl (C=O) groups is 1. The zero-order chi connectivity index (χ0) is 23.1. The number of hydrogen-bond donors (Lipinski definition) is 1. The Morgan fingerprint density at radius 2 is 1.74 bits per heavy atom. The molecule has 1 aliphatic heterocycles. The van der Waals surface area contributed by atoms with E-state index in [0.717, 1.165) is 44.2 Å². The minimum absolute atomic E-state index is 0.0905. The molecule has 1 atom stereocenters. The average Bonchev–Trinajstić information content (AvgIpc) is 3.66. The van der Waals surface area contributed by atoms with Crippen LogP contribution in [0.2, 0.25) is 0 Å². The maximum Gasteiger partial charge on any atom is 0.359 e. The third kappa shape index (κ3) is 3.22. The zero-order valence-electron chi connectivity index (χ0n) is 19.2. The molecule has 0 saturated carbocycles. The van der Waals surface area contributed by atoms with Gasteiger partial charge in [-0.3, -0.25) is 0 Å². The van der Waals surface area contributed by atoms with Gasteiger partial charge in [-0.05, 0) is 78.8 Å². The van der Waals surface area contributed by atoms with E-state index in [4.69, 9.17) is 14.0 Å². The van der Waals surface area contributed by atoms with Crippen molar-refractivity contribution < 1.29 is 18.8 Å². The quantitative estimate of drug-likeness (QED) is 0.565. The number of carbonyl (C=O) groups excluding carboxylic acids is 1. The highest BCUT2D eigenvalue weighted by molar-refractivity contribution is 5.98. The van der Waals surface area contributed by atoms with E-state index in [-0.39, 0.29) is 13.2 Å². The van der Waals surface area contributed by atoms with E-state index in [1.54, 1.807) is 13.0 Å². The van der Waals surface area contributed by atoms with E-state index in [9.17, 15) is 4.79 Å². The van der Waals surface area contributed by atoms with Crippen molar-refractivity contribution in [1.82, 2.24) is 5.16 Å².